The van der Waals surface area contributed by atoms with Gasteiger partial charge in [-0.05, 0) is 66.8 Å². The summed E-state index contributed by atoms with van der Waals surface area (Å²) >= 11 is 0. The van der Waals surface area contributed by atoms with Crippen LogP contribution >= 0.6 is 0 Å². The van der Waals surface area contributed by atoms with Crippen LogP contribution in [0, 0.1) is 5.82 Å². The Labute approximate surface area is 279 Å². The molecule has 2 fully saturated rings. The van der Waals surface area contributed by atoms with Gasteiger partial charge in [0.05, 0.1) is 19.3 Å². The summed E-state index contributed by atoms with van der Waals surface area (Å²) in [7, 11) is 1.77. The maximum absolute atomic E-state index is 15.0. The van der Waals surface area contributed by atoms with Crippen LogP contribution in [0.1, 0.15) is 43.9 Å². The van der Waals surface area contributed by atoms with Crippen molar-refractivity contribution in [2.45, 2.75) is 56.6 Å². The molecule has 0 saturated carbocycles. The number of halogens is 4. The zero-order valence-electron chi connectivity index (χ0n) is 27.2. The van der Waals surface area contributed by atoms with Gasteiger partial charge in [-0.15, -0.1) is 0 Å². The number of ether oxygens (including phenoxy) is 1. The number of urea groups is 1. The van der Waals surface area contributed by atoms with E-state index in [0.717, 1.165) is 28.2 Å². The molecule has 3 aromatic rings. The number of carbonyl (C=O) groups is 4. The van der Waals surface area contributed by atoms with Gasteiger partial charge in [0, 0.05) is 31.8 Å². The van der Waals surface area contributed by atoms with Crippen LogP contribution in [-0.4, -0.2) is 85.4 Å². The zero-order valence-corrected chi connectivity index (χ0v) is 27.2. The summed E-state index contributed by atoms with van der Waals surface area (Å²) in [6.45, 7) is 5.22. The quantitative estimate of drug-likeness (QED) is 0.290. The Morgan fingerprint density at radius 2 is 1.73 bits per heavy atom. The maximum atomic E-state index is 15.0. The first kappa shape index (κ1) is 33.7. The van der Waals surface area contributed by atoms with Gasteiger partial charge in [0.1, 0.15) is 18.0 Å². The molecule has 1 N–H and O–H groups in total. The van der Waals surface area contributed by atoms with Gasteiger partial charge in [0.15, 0.2) is 11.1 Å². The van der Waals surface area contributed by atoms with Gasteiger partial charge in [-0.2, -0.15) is 18.3 Å². The monoisotopic (exact) mass is 682 g/mol. The highest BCUT2D eigenvalue weighted by Crippen LogP contribution is 2.48. The average Bonchev–Trinajstić information content (AvgIpc) is 3.61. The third-order valence-corrected chi connectivity index (χ3v) is 9.00. The molecule has 2 aromatic carbocycles. The molecular weight excluding hydrogens is 648 g/mol. The molecule has 1 aliphatic carbocycles. The van der Waals surface area contributed by atoms with Gasteiger partial charge in [-0.1, -0.05) is 30.8 Å². The predicted octanol–water partition coefficient (Wildman–Crippen LogP) is 4.97. The Bertz CT molecular complexity index is 1880. The number of likely N-dealkylation sites (tertiary alicyclic amines) is 1. The highest BCUT2D eigenvalue weighted by molar-refractivity contribution is 6.12. The van der Waals surface area contributed by atoms with E-state index in [1.54, 1.807) is 50.8 Å². The van der Waals surface area contributed by atoms with Crippen molar-refractivity contribution in [3.05, 3.63) is 83.9 Å². The summed E-state index contributed by atoms with van der Waals surface area (Å²) in [6.07, 6.45) is -2.57. The minimum absolute atomic E-state index is 0.00921. The molecule has 49 heavy (non-hydrogen) atoms. The fourth-order valence-corrected chi connectivity index (χ4v) is 6.56. The SMILES string of the molecule is C=C1C[C@]2(NC(=O)N(CC(=O)N(Cc3ccc(F)cc3)C3(C(F)(F)F)CN(C(=O)OC(C)(C)C)C3)C2=O)c2ccc(-c3cnn(C)c3)cc21. The molecule has 1 spiro atoms. The average molecular weight is 683 g/mol. The zero-order chi connectivity index (χ0) is 35.7. The number of amides is 5. The van der Waals surface area contributed by atoms with E-state index in [1.165, 1.54) is 12.1 Å². The Hall–Kier alpha value is -5.21. The van der Waals surface area contributed by atoms with Crippen LogP contribution in [0.5, 0.6) is 0 Å². The summed E-state index contributed by atoms with van der Waals surface area (Å²) < 4.78 is 65.5. The summed E-state index contributed by atoms with van der Waals surface area (Å²) in [5.74, 6) is -2.65. The molecule has 2 saturated heterocycles. The van der Waals surface area contributed by atoms with E-state index in [4.69, 9.17) is 4.74 Å². The first-order chi connectivity index (χ1) is 22.8. The minimum atomic E-state index is -5.05. The standard InChI is InChI=1S/C34H34F4N6O5/c1-20-13-33(26-11-8-22(12-25(20)26)23-14-39-41(5)16-23)28(46)43(29(47)40-33)17-27(45)44(15-21-6-9-24(35)10-7-21)32(34(36,37)38)18-42(19-32)30(48)49-31(2,3)4/h6-12,14,16H,1,13,15,17-19H2,2-5H3,(H,40,47)/t33-/m0/s1. The fourth-order valence-electron chi connectivity index (χ4n) is 6.56. The minimum Gasteiger partial charge on any atom is -0.444 e. The van der Waals surface area contributed by atoms with E-state index < -0.39 is 78.8 Å². The molecule has 2 aliphatic heterocycles. The number of hydrogen-bond acceptors (Lipinski definition) is 6. The van der Waals surface area contributed by atoms with Gasteiger partial charge < -0.3 is 19.9 Å². The highest BCUT2D eigenvalue weighted by atomic mass is 19.4. The van der Waals surface area contributed by atoms with Crippen LogP contribution in [0.25, 0.3) is 16.7 Å². The van der Waals surface area contributed by atoms with Gasteiger partial charge in [0.2, 0.25) is 5.91 Å². The van der Waals surface area contributed by atoms with Crippen LogP contribution in [-0.2, 0) is 33.5 Å². The lowest BCUT2D eigenvalue weighted by Crippen LogP contribution is -2.78. The van der Waals surface area contributed by atoms with Crippen LogP contribution < -0.4 is 5.32 Å². The molecule has 11 nitrogen and oxygen atoms in total. The number of rotatable bonds is 6. The Morgan fingerprint density at radius 1 is 1.06 bits per heavy atom. The summed E-state index contributed by atoms with van der Waals surface area (Å²) in [4.78, 5) is 56.0. The van der Waals surface area contributed by atoms with E-state index >= 15 is 0 Å². The molecule has 0 unspecified atom stereocenters. The van der Waals surface area contributed by atoms with E-state index in [0.29, 0.717) is 26.5 Å². The van der Waals surface area contributed by atoms with Crippen molar-refractivity contribution >= 4 is 29.5 Å². The first-order valence-corrected chi connectivity index (χ1v) is 15.4. The van der Waals surface area contributed by atoms with E-state index in [9.17, 15) is 36.7 Å². The Balaban J connectivity index is 1.30. The van der Waals surface area contributed by atoms with Crippen LogP contribution in [0.2, 0.25) is 0 Å². The lowest BCUT2D eigenvalue weighted by atomic mass is 9.86. The molecule has 6 rings (SSSR count). The molecule has 0 radical (unpaired) electrons. The molecule has 3 heterocycles. The number of fused-ring (bicyclic) bond motifs is 2. The largest absolute Gasteiger partial charge is 0.444 e. The summed E-state index contributed by atoms with van der Waals surface area (Å²) in [6, 6.07) is 8.84. The van der Waals surface area contributed by atoms with Gasteiger partial charge in [-0.25, -0.2) is 14.0 Å². The Morgan fingerprint density at radius 3 is 2.33 bits per heavy atom. The molecule has 0 bridgehead atoms. The van der Waals surface area contributed by atoms with Crippen LogP contribution in [0.15, 0.2) is 61.4 Å². The number of imide groups is 1. The second-order valence-electron chi connectivity index (χ2n) is 13.6. The van der Waals surface area contributed by atoms with Gasteiger partial charge in [0.25, 0.3) is 5.91 Å². The Kier molecular flexibility index (Phi) is 7.87. The number of aromatic nitrogens is 2. The van der Waals surface area contributed by atoms with Crippen molar-refractivity contribution in [3.63, 3.8) is 0 Å². The molecule has 3 aliphatic rings. The fraction of sp³-hybridized carbons (Fsp3) is 0.382. The second kappa shape index (κ2) is 11.4. The number of benzene rings is 2. The molecular formula is C34H34F4N6O5. The van der Waals surface area contributed by atoms with Crippen LogP contribution in [0.3, 0.4) is 0 Å². The number of nitrogens with zero attached hydrogens (tertiary/aromatic N) is 5. The van der Waals surface area contributed by atoms with E-state index in [-0.39, 0.29) is 12.0 Å². The number of aryl methyl sites for hydroxylation is 1. The summed E-state index contributed by atoms with van der Waals surface area (Å²) in [5.41, 5.74) is -2.09. The van der Waals surface area contributed by atoms with Crippen molar-refractivity contribution < 1.29 is 41.5 Å². The molecule has 5 amide bonds. The second-order valence-corrected chi connectivity index (χ2v) is 13.6. The van der Waals surface area contributed by atoms with Crippen LogP contribution in [0.4, 0.5) is 27.2 Å². The first-order valence-electron chi connectivity index (χ1n) is 15.4. The van der Waals surface area contributed by atoms with Crippen molar-refractivity contribution in [1.82, 2.24) is 29.8 Å². The topological polar surface area (TPSA) is 117 Å². The van der Waals surface area contributed by atoms with Crippen molar-refractivity contribution in [2.75, 3.05) is 19.6 Å². The van der Waals surface area contributed by atoms with Gasteiger partial charge in [-0.3, -0.25) is 19.2 Å². The lowest BCUT2D eigenvalue weighted by Gasteiger charge is -2.55. The molecule has 1 aromatic heterocycles. The maximum Gasteiger partial charge on any atom is 0.415 e. The van der Waals surface area contributed by atoms with Crippen molar-refractivity contribution in [3.8, 4) is 11.1 Å². The third kappa shape index (κ3) is 5.80. The number of nitrogens with one attached hydrogen (secondary N) is 1. The predicted molar refractivity (Wildman–Crippen MR) is 168 cm³/mol. The van der Waals surface area contributed by atoms with Crippen molar-refractivity contribution in [2.24, 2.45) is 7.05 Å². The van der Waals surface area contributed by atoms with Gasteiger partial charge >= 0.3 is 18.3 Å². The number of carbonyl (C=O) groups excluding carboxylic acids is 4. The smallest absolute Gasteiger partial charge is 0.415 e. The van der Waals surface area contributed by atoms with E-state index in [1.807, 2.05) is 12.3 Å². The normalized spacial score (nSPS) is 20.0. The number of alkyl halides is 3. The molecule has 258 valence electrons. The number of hydrogen-bond donors (Lipinski definition) is 1. The molecule has 1 atom stereocenters. The van der Waals surface area contributed by atoms with E-state index in [2.05, 4.69) is 17.0 Å². The molecule has 15 heteroatoms. The lowest BCUT2D eigenvalue weighted by molar-refractivity contribution is -0.267. The van der Waals surface area contributed by atoms with Crippen molar-refractivity contribution in [1.29, 1.82) is 0 Å². The summed E-state index contributed by atoms with van der Waals surface area (Å²) in [5, 5.41) is 6.85. The third-order valence-electron chi connectivity index (χ3n) is 9.00. The highest BCUT2D eigenvalue weighted by Gasteiger charge is 2.68.